The molecule has 0 fully saturated rings. The van der Waals surface area contributed by atoms with Crippen molar-refractivity contribution in [3.05, 3.63) is 54.4 Å². The molecule has 0 unspecified atom stereocenters. The lowest BCUT2D eigenvalue weighted by Gasteiger charge is -1.99. The minimum Gasteiger partial charge on any atom is -0.238 e. The summed E-state index contributed by atoms with van der Waals surface area (Å²) in [5, 5.41) is 0. The standard InChI is InChI=1S/C16H18N3/c1-2-3-6-13-9-11-19(12-10-13)16-17-14-7-4-5-8-15(14)18-16/h4-5,7-12H,2-3,6H2,1H3,(H,17,18)/q+1. The molecule has 0 aliphatic rings. The number of unbranched alkanes of at least 4 members (excludes halogenated alkanes) is 1. The molecule has 0 aliphatic heterocycles. The van der Waals surface area contributed by atoms with Crippen LogP contribution < -0.4 is 4.57 Å². The van der Waals surface area contributed by atoms with Gasteiger partial charge in [-0.05, 0) is 42.7 Å². The molecule has 0 bridgehead atoms. The second kappa shape index (κ2) is 5.22. The zero-order valence-electron chi connectivity index (χ0n) is 11.1. The molecule has 19 heavy (non-hydrogen) atoms. The molecule has 0 aliphatic carbocycles. The highest BCUT2D eigenvalue weighted by atomic mass is 15.1. The Balaban J connectivity index is 1.88. The first-order chi connectivity index (χ1) is 9.36. The molecule has 0 spiro atoms. The lowest BCUT2D eigenvalue weighted by atomic mass is 10.1. The molecule has 3 heteroatoms. The van der Waals surface area contributed by atoms with Gasteiger partial charge in [-0.15, -0.1) is 0 Å². The maximum atomic E-state index is 4.58. The summed E-state index contributed by atoms with van der Waals surface area (Å²) >= 11 is 0. The number of aromatic nitrogens is 3. The molecule has 0 saturated carbocycles. The predicted octanol–water partition coefficient (Wildman–Crippen LogP) is 3.18. The third-order valence-corrected chi connectivity index (χ3v) is 3.34. The van der Waals surface area contributed by atoms with Crippen LogP contribution >= 0.6 is 0 Å². The molecule has 96 valence electrons. The summed E-state index contributed by atoms with van der Waals surface area (Å²) in [7, 11) is 0. The van der Waals surface area contributed by atoms with Gasteiger partial charge in [0, 0.05) is 0 Å². The molecule has 0 saturated heterocycles. The second-order valence-electron chi connectivity index (χ2n) is 4.79. The summed E-state index contributed by atoms with van der Waals surface area (Å²) in [6.07, 6.45) is 7.77. The van der Waals surface area contributed by atoms with Crippen molar-refractivity contribution in [2.24, 2.45) is 0 Å². The van der Waals surface area contributed by atoms with Gasteiger partial charge in [0.25, 0.3) is 0 Å². The first-order valence-corrected chi connectivity index (χ1v) is 6.82. The summed E-state index contributed by atoms with van der Waals surface area (Å²) in [4.78, 5) is 7.91. The van der Waals surface area contributed by atoms with Crippen LogP contribution in [0.5, 0.6) is 0 Å². The van der Waals surface area contributed by atoms with Crippen LogP contribution in [0.3, 0.4) is 0 Å². The lowest BCUT2D eigenvalue weighted by Crippen LogP contribution is -2.31. The minimum atomic E-state index is 0.864. The molecule has 1 aromatic carbocycles. The van der Waals surface area contributed by atoms with Gasteiger partial charge < -0.3 is 0 Å². The molecule has 2 heterocycles. The highest BCUT2D eigenvalue weighted by molar-refractivity contribution is 5.75. The smallest absolute Gasteiger partial charge is 0.238 e. The lowest BCUT2D eigenvalue weighted by molar-refractivity contribution is -0.603. The molecule has 3 aromatic rings. The summed E-state index contributed by atoms with van der Waals surface area (Å²) in [6, 6.07) is 12.4. The fourth-order valence-corrected chi connectivity index (χ4v) is 2.21. The largest absolute Gasteiger partial charge is 0.401 e. The Morgan fingerprint density at radius 1 is 1.11 bits per heavy atom. The van der Waals surface area contributed by atoms with Crippen LogP contribution in [-0.4, -0.2) is 9.97 Å². The molecule has 2 aromatic heterocycles. The normalized spacial score (nSPS) is 11.0. The zero-order chi connectivity index (χ0) is 13.1. The van der Waals surface area contributed by atoms with E-state index in [4.69, 9.17) is 0 Å². The maximum Gasteiger partial charge on any atom is 0.401 e. The molecular formula is C16H18N3+. The van der Waals surface area contributed by atoms with E-state index >= 15 is 0 Å². The van der Waals surface area contributed by atoms with E-state index in [-0.39, 0.29) is 0 Å². The number of aryl methyl sites for hydroxylation is 1. The van der Waals surface area contributed by atoms with E-state index < -0.39 is 0 Å². The van der Waals surface area contributed by atoms with Gasteiger partial charge in [-0.1, -0.05) is 30.5 Å². The van der Waals surface area contributed by atoms with Crippen molar-refractivity contribution in [1.29, 1.82) is 0 Å². The van der Waals surface area contributed by atoms with Crippen LogP contribution in [0.2, 0.25) is 0 Å². The predicted molar refractivity (Wildman–Crippen MR) is 76.2 cm³/mol. The van der Waals surface area contributed by atoms with E-state index in [0.717, 1.165) is 23.4 Å². The maximum absolute atomic E-state index is 4.58. The van der Waals surface area contributed by atoms with Gasteiger partial charge in [0.05, 0.1) is 12.4 Å². The number of hydrogen-bond acceptors (Lipinski definition) is 1. The first kappa shape index (κ1) is 11.9. The highest BCUT2D eigenvalue weighted by Gasteiger charge is 2.12. The number of hydrogen-bond donors (Lipinski definition) is 1. The van der Waals surface area contributed by atoms with Crippen LogP contribution in [0.4, 0.5) is 0 Å². The Kier molecular flexibility index (Phi) is 3.27. The van der Waals surface area contributed by atoms with Gasteiger partial charge >= 0.3 is 5.95 Å². The summed E-state index contributed by atoms with van der Waals surface area (Å²) in [5.41, 5.74) is 3.45. The van der Waals surface area contributed by atoms with Crippen LogP contribution in [0.25, 0.3) is 17.0 Å². The van der Waals surface area contributed by atoms with Crippen molar-refractivity contribution in [3.63, 3.8) is 0 Å². The molecular weight excluding hydrogens is 234 g/mol. The summed E-state index contributed by atoms with van der Waals surface area (Å²) < 4.78 is 2.02. The Morgan fingerprint density at radius 2 is 1.89 bits per heavy atom. The van der Waals surface area contributed by atoms with Gasteiger partial charge in [-0.3, -0.25) is 0 Å². The fourth-order valence-electron chi connectivity index (χ4n) is 2.21. The second-order valence-corrected chi connectivity index (χ2v) is 4.79. The van der Waals surface area contributed by atoms with Gasteiger partial charge in [0.15, 0.2) is 5.52 Å². The van der Waals surface area contributed by atoms with Crippen LogP contribution in [-0.2, 0) is 6.42 Å². The molecule has 1 N–H and O–H groups in total. The van der Waals surface area contributed by atoms with Gasteiger partial charge in [0.2, 0.25) is 0 Å². The number of H-pyrrole nitrogens is 1. The molecule has 0 radical (unpaired) electrons. The topological polar surface area (TPSA) is 32.6 Å². The minimum absolute atomic E-state index is 0.864. The Bertz CT molecular complexity index is 635. The van der Waals surface area contributed by atoms with Crippen LogP contribution in [0, 0.1) is 0 Å². The average Bonchev–Trinajstić information content (AvgIpc) is 2.89. The van der Waals surface area contributed by atoms with Crippen molar-refractivity contribution in [2.45, 2.75) is 26.2 Å². The number of fused-ring (bicyclic) bond motifs is 1. The van der Waals surface area contributed by atoms with Crippen molar-refractivity contribution >= 4 is 11.0 Å². The number of benzene rings is 1. The van der Waals surface area contributed by atoms with Gasteiger partial charge in [-0.2, -0.15) is 0 Å². The Hall–Kier alpha value is -2.16. The molecule has 3 rings (SSSR count). The molecule has 0 atom stereocenters. The van der Waals surface area contributed by atoms with E-state index in [1.165, 1.54) is 18.4 Å². The van der Waals surface area contributed by atoms with Gasteiger partial charge in [0.1, 0.15) is 5.52 Å². The zero-order valence-corrected chi connectivity index (χ0v) is 11.1. The number of nitrogens with zero attached hydrogens (tertiary/aromatic N) is 2. The molecule has 3 nitrogen and oxygen atoms in total. The van der Waals surface area contributed by atoms with E-state index in [9.17, 15) is 0 Å². The van der Waals surface area contributed by atoms with Crippen molar-refractivity contribution in [1.82, 2.24) is 9.97 Å². The summed E-state index contributed by atoms with van der Waals surface area (Å²) in [5.74, 6) is 0.864. The highest BCUT2D eigenvalue weighted by Crippen LogP contribution is 2.10. The van der Waals surface area contributed by atoms with E-state index in [1.807, 2.05) is 28.8 Å². The first-order valence-electron chi connectivity index (χ1n) is 6.82. The third kappa shape index (κ3) is 2.50. The average molecular weight is 252 g/mol. The van der Waals surface area contributed by atoms with E-state index in [1.54, 1.807) is 0 Å². The third-order valence-electron chi connectivity index (χ3n) is 3.34. The van der Waals surface area contributed by atoms with Gasteiger partial charge in [-0.25, -0.2) is 9.55 Å². The van der Waals surface area contributed by atoms with E-state index in [0.29, 0.717) is 0 Å². The van der Waals surface area contributed by atoms with Crippen molar-refractivity contribution in [2.75, 3.05) is 0 Å². The van der Waals surface area contributed by atoms with Crippen LogP contribution in [0.15, 0.2) is 48.8 Å². The number of imidazole rings is 1. The van der Waals surface area contributed by atoms with E-state index in [2.05, 4.69) is 41.4 Å². The number of aromatic amines is 1. The number of para-hydroxylation sites is 2. The number of pyridine rings is 1. The Labute approximate surface area is 112 Å². The Morgan fingerprint density at radius 3 is 2.63 bits per heavy atom. The van der Waals surface area contributed by atoms with Crippen molar-refractivity contribution in [3.8, 4) is 5.95 Å². The van der Waals surface area contributed by atoms with Crippen LogP contribution in [0.1, 0.15) is 25.3 Å². The quantitative estimate of drug-likeness (QED) is 0.711. The monoisotopic (exact) mass is 252 g/mol. The molecule has 0 amide bonds. The number of rotatable bonds is 4. The number of nitrogens with one attached hydrogen (secondary N) is 1. The van der Waals surface area contributed by atoms with Crippen molar-refractivity contribution < 1.29 is 4.57 Å². The SMILES string of the molecule is CCCCc1cc[n+](-c2nc3ccccc3[nH]2)cc1. The summed E-state index contributed by atoms with van der Waals surface area (Å²) in [6.45, 7) is 2.22. The fraction of sp³-hybridized carbons (Fsp3) is 0.250.